The van der Waals surface area contributed by atoms with Gasteiger partial charge in [-0.05, 0) is 40.8 Å². The van der Waals surface area contributed by atoms with E-state index in [-0.39, 0.29) is 0 Å². The summed E-state index contributed by atoms with van der Waals surface area (Å²) in [5, 5.41) is 1.01. The van der Waals surface area contributed by atoms with Gasteiger partial charge < -0.3 is 4.74 Å². The summed E-state index contributed by atoms with van der Waals surface area (Å²) in [6.45, 7) is 0. The molecule has 72 valence electrons. The smallest absolute Gasteiger partial charge is 0.160 e. The summed E-state index contributed by atoms with van der Waals surface area (Å²) in [6.07, 6.45) is 0.872. The molecular weight excluding hydrogens is 311 g/mol. The van der Waals surface area contributed by atoms with E-state index in [4.69, 9.17) is 4.74 Å². The van der Waals surface area contributed by atoms with Crippen molar-refractivity contribution in [2.24, 2.45) is 0 Å². The largest absolute Gasteiger partial charge is 0.496 e. The summed E-state index contributed by atoms with van der Waals surface area (Å²) < 4.78 is 7.46. The Labute approximate surface area is 99.0 Å². The SMILES string of the molecule is COc1cc(I)cc2sc(C=O)cc12. The van der Waals surface area contributed by atoms with Gasteiger partial charge in [-0.3, -0.25) is 4.79 Å². The number of fused-ring (bicyclic) bond motifs is 1. The molecule has 0 radical (unpaired) electrons. The first-order valence-electron chi connectivity index (χ1n) is 3.97. The van der Waals surface area contributed by atoms with Crippen LogP contribution in [0.2, 0.25) is 0 Å². The third kappa shape index (κ3) is 1.64. The molecule has 0 saturated heterocycles. The highest BCUT2D eigenvalue weighted by Crippen LogP contribution is 2.33. The summed E-state index contributed by atoms with van der Waals surface area (Å²) in [7, 11) is 1.64. The van der Waals surface area contributed by atoms with Gasteiger partial charge in [-0.15, -0.1) is 11.3 Å². The lowest BCUT2D eigenvalue weighted by Crippen LogP contribution is -1.83. The predicted octanol–water partition coefficient (Wildman–Crippen LogP) is 3.33. The second-order valence-corrected chi connectivity index (χ2v) is 5.15. The fourth-order valence-electron chi connectivity index (χ4n) is 1.32. The molecule has 4 heteroatoms. The van der Waals surface area contributed by atoms with Crippen LogP contribution in [0.1, 0.15) is 9.67 Å². The lowest BCUT2D eigenvalue weighted by Gasteiger charge is -2.01. The highest BCUT2D eigenvalue weighted by atomic mass is 127. The molecule has 1 aromatic heterocycles. The van der Waals surface area contributed by atoms with E-state index in [2.05, 4.69) is 28.7 Å². The molecule has 0 amide bonds. The van der Waals surface area contributed by atoms with Crippen LogP contribution in [0, 0.1) is 3.57 Å². The Morgan fingerprint density at radius 3 is 2.86 bits per heavy atom. The van der Waals surface area contributed by atoms with Crippen LogP contribution in [0.3, 0.4) is 0 Å². The number of hydrogen-bond donors (Lipinski definition) is 0. The van der Waals surface area contributed by atoms with Gasteiger partial charge in [0, 0.05) is 13.7 Å². The van der Waals surface area contributed by atoms with Crippen LogP contribution in [0.25, 0.3) is 10.1 Å². The Kier molecular flexibility index (Phi) is 2.73. The normalized spacial score (nSPS) is 10.4. The number of aldehydes is 1. The average molecular weight is 318 g/mol. The molecule has 0 spiro atoms. The maximum absolute atomic E-state index is 10.6. The number of thiophene rings is 1. The monoisotopic (exact) mass is 318 g/mol. The van der Waals surface area contributed by atoms with Gasteiger partial charge in [0.1, 0.15) is 5.75 Å². The van der Waals surface area contributed by atoms with Gasteiger partial charge >= 0.3 is 0 Å². The van der Waals surface area contributed by atoms with Gasteiger partial charge in [-0.25, -0.2) is 0 Å². The molecule has 2 nitrogen and oxygen atoms in total. The zero-order valence-corrected chi connectivity index (χ0v) is 10.4. The maximum Gasteiger partial charge on any atom is 0.160 e. The van der Waals surface area contributed by atoms with Crippen molar-refractivity contribution in [2.75, 3.05) is 7.11 Å². The molecule has 0 N–H and O–H groups in total. The quantitative estimate of drug-likeness (QED) is 0.627. The van der Waals surface area contributed by atoms with Gasteiger partial charge in [0.05, 0.1) is 12.0 Å². The molecule has 0 unspecified atom stereocenters. The number of halogens is 1. The number of ether oxygens (including phenoxy) is 1. The van der Waals surface area contributed by atoms with Crippen molar-refractivity contribution in [1.29, 1.82) is 0 Å². The van der Waals surface area contributed by atoms with Crippen molar-refractivity contribution in [3.05, 3.63) is 26.6 Å². The zero-order chi connectivity index (χ0) is 10.1. The Balaban J connectivity index is 2.77. The first-order valence-corrected chi connectivity index (χ1v) is 5.86. The minimum atomic E-state index is 0.736. The van der Waals surface area contributed by atoms with Crippen LogP contribution in [0.4, 0.5) is 0 Å². The zero-order valence-electron chi connectivity index (χ0n) is 7.41. The fraction of sp³-hybridized carbons (Fsp3) is 0.100. The fourth-order valence-corrected chi connectivity index (χ4v) is 3.06. The molecule has 2 rings (SSSR count). The molecule has 0 aliphatic heterocycles. The highest BCUT2D eigenvalue weighted by molar-refractivity contribution is 14.1. The summed E-state index contributed by atoms with van der Waals surface area (Å²) in [5.74, 6) is 0.830. The van der Waals surface area contributed by atoms with Gasteiger partial charge in [0.25, 0.3) is 0 Å². The van der Waals surface area contributed by atoms with E-state index >= 15 is 0 Å². The number of carbonyl (C=O) groups is 1. The first kappa shape index (κ1) is 9.92. The molecule has 14 heavy (non-hydrogen) atoms. The number of hydrogen-bond acceptors (Lipinski definition) is 3. The summed E-state index contributed by atoms with van der Waals surface area (Å²) in [6, 6.07) is 5.88. The topological polar surface area (TPSA) is 26.3 Å². The molecule has 0 aliphatic carbocycles. The number of methoxy groups -OCH3 is 1. The summed E-state index contributed by atoms with van der Waals surface area (Å²) in [4.78, 5) is 11.4. The van der Waals surface area contributed by atoms with Crippen LogP contribution < -0.4 is 4.74 Å². The lowest BCUT2D eigenvalue weighted by atomic mass is 10.2. The van der Waals surface area contributed by atoms with Gasteiger partial charge in [-0.1, -0.05) is 0 Å². The molecule has 1 heterocycles. The standard InChI is InChI=1S/C10H7IO2S/c1-13-9-2-6(11)3-10-8(9)4-7(5-12)14-10/h2-5H,1H3. The van der Waals surface area contributed by atoms with E-state index in [1.807, 2.05) is 12.1 Å². The van der Waals surface area contributed by atoms with Crippen molar-refractivity contribution in [3.8, 4) is 5.75 Å². The van der Waals surface area contributed by atoms with Crippen molar-refractivity contribution < 1.29 is 9.53 Å². The minimum Gasteiger partial charge on any atom is -0.496 e. The number of rotatable bonds is 2. The molecule has 1 aromatic carbocycles. The van der Waals surface area contributed by atoms with Crippen molar-refractivity contribution >= 4 is 50.3 Å². The van der Waals surface area contributed by atoms with Crippen LogP contribution in [-0.2, 0) is 0 Å². The third-order valence-corrected chi connectivity index (χ3v) is 3.55. The number of carbonyl (C=O) groups excluding carboxylic acids is 1. The second kappa shape index (κ2) is 3.86. The van der Waals surface area contributed by atoms with E-state index in [9.17, 15) is 4.79 Å². The molecule has 0 atom stereocenters. The van der Waals surface area contributed by atoms with Crippen molar-refractivity contribution in [1.82, 2.24) is 0 Å². The van der Waals surface area contributed by atoms with E-state index < -0.39 is 0 Å². The Hall–Kier alpha value is -0.620. The van der Waals surface area contributed by atoms with E-state index in [0.29, 0.717) is 0 Å². The summed E-state index contributed by atoms with van der Waals surface area (Å²) >= 11 is 3.72. The Bertz CT molecular complexity index is 490. The van der Waals surface area contributed by atoms with E-state index in [1.54, 1.807) is 7.11 Å². The summed E-state index contributed by atoms with van der Waals surface area (Å²) in [5.41, 5.74) is 0. The molecule has 0 aliphatic rings. The van der Waals surface area contributed by atoms with Crippen molar-refractivity contribution in [3.63, 3.8) is 0 Å². The second-order valence-electron chi connectivity index (χ2n) is 2.79. The molecule has 2 aromatic rings. The van der Waals surface area contributed by atoms with Crippen molar-refractivity contribution in [2.45, 2.75) is 0 Å². The van der Waals surface area contributed by atoms with Gasteiger partial charge in [0.2, 0.25) is 0 Å². The minimum absolute atomic E-state index is 0.736. The van der Waals surface area contributed by atoms with Crippen LogP contribution in [-0.4, -0.2) is 13.4 Å². The predicted molar refractivity (Wildman–Crippen MR) is 66.5 cm³/mol. The van der Waals surface area contributed by atoms with Crippen LogP contribution >= 0.6 is 33.9 Å². The first-order chi connectivity index (χ1) is 6.74. The van der Waals surface area contributed by atoms with Gasteiger partial charge in [-0.2, -0.15) is 0 Å². The van der Waals surface area contributed by atoms with Crippen LogP contribution in [0.5, 0.6) is 5.75 Å². The maximum atomic E-state index is 10.6. The van der Waals surface area contributed by atoms with E-state index in [1.165, 1.54) is 11.3 Å². The average Bonchev–Trinajstić information content (AvgIpc) is 2.59. The highest BCUT2D eigenvalue weighted by Gasteiger charge is 2.07. The Morgan fingerprint density at radius 1 is 1.43 bits per heavy atom. The lowest BCUT2D eigenvalue weighted by molar-refractivity contribution is 0.112. The van der Waals surface area contributed by atoms with Gasteiger partial charge in [0.15, 0.2) is 6.29 Å². The van der Waals surface area contributed by atoms with Crippen LogP contribution in [0.15, 0.2) is 18.2 Å². The molecule has 0 fully saturated rings. The van der Waals surface area contributed by atoms with E-state index in [0.717, 1.165) is 30.6 Å². The Morgan fingerprint density at radius 2 is 2.21 bits per heavy atom. The molecule has 0 saturated carbocycles. The molecule has 0 bridgehead atoms. The number of benzene rings is 1. The molecular formula is C10H7IO2S. The third-order valence-electron chi connectivity index (χ3n) is 1.92.